The fourth-order valence-electron chi connectivity index (χ4n) is 2.16. The van der Waals surface area contributed by atoms with Crippen LogP contribution in [0.2, 0.25) is 0 Å². The predicted molar refractivity (Wildman–Crippen MR) is 104 cm³/mol. The van der Waals surface area contributed by atoms with Crippen molar-refractivity contribution in [1.29, 1.82) is 0 Å². The van der Waals surface area contributed by atoms with E-state index in [4.69, 9.17) is 4.74 Å². The van der Waals surface area contributed by atoms with Crippen molar-refractivity contribution in [2.24, 2.45) is 0 Å². The summed E-state index contributed by atoms with van der Waals surface area (Å²) in [5, 5.41) is 3.48. The predicted octanol–water partition coefficient (Wildman–Crippen LogP) is 4.57. The number of hydrogen-bond acceptors (Lipinski definition) is 7. The summed E-state index contributed by atoms with van der Waals surface area (Å²) in [5.41, 5.74) is 1.75. The van der Waals surface area contributed by atoms with E-state index in [1.165, 1.54) is 23.1 Å². The molecule has 0 fully saturated rings. The van der Waals surface area contributed by atoms with Gasteiger partial charge in [0, 0.05) is 0 Å². The Morgan fingerprint density at radius 3 is 2.84 bits per heavy atom. The molecule has 0 atom stereocenters. The second-order valence-electron chi connectivity index (χ2n) is 5.13. The highest BCUT2D eigenvalue weighted by Gasteiger charge is 2.16. The van der Waals surface area contributed by atoms with Crippen molar-refractivity contribution < 1.29 is 14.3 Å². The van der Waals surface area contributed by atoms with Crippen molar-refractivity contribution in [2.75, 3.05) is 17.7 Å². The molecule has 0 aliphatic heterocycles. The number of nitrogens with one attached hydrogen (secondary N) is 1. The number of para-hydroxylation sites is 1. The van der Waals surface area contributed by atoms with Gasteiger partial charge in [-0.1, -0.05) is 23.9 Å². The molecule has 0 radical (unpaired) electrons. The molecule has 0 bridgehead atoms. The van der Waals surface area contributed by atoms with Crippen molar-refractivity contribution in [3.05, 3.63) is 40.8 Å². The van der Waals surface area contributed by atoms with Gasteiger partial charge in [-0.25, -0.2) is 9.78 Å². The molecule has 0 aliphatic rings. The lowest BCUT2D eigenvalue weighted by Gasteiger charge is -2.00. The number of amides is 1. The largest absolute Gasteiger partial charge is 0.462 e. The Morgan fingerprint density at radius 1 is 1.28 bits per heavy atom. The Morgan fingerprint density at radius 2 is 2.08 bits per heavy atom. The maximum Gasteiger partial charge on any atom is 0.348 e. The van der Waals surface area contributed by atoms with Crippen LogP contribution in [0.25, 0.3) is 10.2 Å². The van der Waals surface area contributed by atoms with Crippen molar-refractivity contribution >= 4 is 61.5 Å². The lowest BCUT2D eigenvalue weighted by molar-refractivity contribution is -0.113. The zero-order valence-electron chi connectivity index (χ0n) is 13.7. The molecule has 0 unspecified atom stereocenters. The quantitative estimate of drug-likeness (QED) is 0.491. The summed E-state index contributed by atoms with van der Waals surface area (Å²) in [4.78, 5) is 29.0. The number of anilines is 1. The van der Waals surface area contributed by atoms with Gasteiger partial charge < -0.3 is 10.1 Å². The minimum atomic E-state index is -0.352. The van der Waals surface area contributed by atoms with E-state index in [-0.39, 0.29) is 17.6 Å². The fourth-order valence-corrected chi connectivity index (χ4v) is 5.01. The molecular weight excluding hydrogens is 376 g/mol. The zero-order valence-corrected chi connectivity index (χ0v) is 16.1. The third kappa shape index (κ3) is 4.39. The highest BCUT2D eigenvalue weighted by atomic mass is 32.2. The Balaban J connectivity index is 1.59. The van der Waals surface area contributed by atoms with E-state index in [1.807, 2.05) is 31.2 Å². The van der Waals surface area contributed by atoms with Crippen molar-refractivity contribution in [2.45, 2.75) is 18.2 Å². The summed E-state index contributed by atoms with van der Waals surface area (Å²) in [6.45, 7) is 3.92. The average molecular weight is 393 g/mol. The summed E-state index contributed by atoms with van der Waals surface area (Å²) in [6, 6.07) is 9.69. The Labute approximate surface area is 157 Å². The molecule has 2 heterocycles. The molecule has 2 aromatic heterocycles. The van der Waals surface area contributed by atoms with Crippen LogP contribution in [-0.2, 0) is 9.53 Å². The summed E-state index contributed by atoms with van der Waals surface area (Å²) in [6.07, 6.45) is 0. The number of aromatic nitrogens is 1. The summed E-state index contributed by atoms with van der Waals surface area (Å²) >= 11 is 4.21. The smallest absolute Gasteiger partial charge is 0.348 e. The van der Waals surface area contributed by atoms with Gasteiger partial charge in [-0.05, 0) is 37.6 Å². The van der Waals surface area contributed by atoms with E-state index < -0.39 is 0 Å². The number of aryl methyl sites for hydroxylation is 1. The van der Waals surface area contributed by atoms with Crippen LogP contribution in [0.3, 0.4) is 0 Å². The topological polar surface area (TPSA) is 68.3 Å². The highest BCUT2D eigenvalue weighted by molar-refractivity contribution is 8.01. The zero-order chi connectivity index (χ0) is 17.8. The Bertz CT molecular complexity index is 884. The lowest BCUT2D eigenvalue weighted by Crippen LogP contribution is -2.12. The normalized spacial score (nSPS) is 10.8. The van der Waals surface area contributed by atoms with Crippen molar-refractivity contribution in [3.8, 4) is 0 Å². The van der Waals surface area contributed by atoms with Gasteiger partial charge in [-0.3, -0.25) is 4.79 Å². The SMILES string of the molecule is CCOC(=O)c1sc(NC(=O)CSc2nc3ccccc3s2)cc1C. The van der Waals surface area contributed by atoms with Crippen LogP contribution in [0.1, 0.15) is 22.2 Å². The molecule has 1 N–H and O–H groups in total. The molecule has 5 nitrogen and oxygen atoms in total. The number of rotatable bonds is 6. The van der Waals surface area contributed by atoms with E-state index in [2.05, 4.69) is 10.3 Å². The number of carbonyl (C=O) groups excluding carboxylic acids is 2. The maximum atomic E-state index is 12.2. The van der Waals surface area contributed by atoms with Gasteiger partial charge >= 0.3 is 5.97 Å². The van der Waals surface area contributed by atoms with Gasteiger partial charge in [0.05, 0.1) is 27.6 Å². The lowest BCUT2D eigenvalue weighted by atomic mass is 10.3. The molecule has 1 aromatic carbocycles. The number of fused-ring (bicyclic) bond motifs is 1. The number of esters is 1. The molecule has 8 heteroatoms. The van der Waals surface area contributed by atoms with Crippen LogP contribution >= 0.6 is 34.4 Å². The molecule has 0 aliphatic carbocycles. The van der Waals surface area contributed by atoms with Gasteiger partial charge in [0.25, 0.3) is 0 Å². The van der Waals surface area contributed by atoms with E-state index in [0.29, 0.717) is 16.5 Å². The van der Waals surface area contributed by atoms with Gasteiger partial charge in [0.15, 0.2) is 4.34 Å². The van der Waals surface area contributed by atoms with Crippen LogP contribution in [-0.4, -0.2) is 29.2 Å². The van der Waals surface area contributed by atoms with Crippen LogP contribution in [0, 0.1) is 6.92 Å². The van der Waals surface area contributed by atoms with Crippen molar-refractivity contribution in [1.82, 2.24) is 4.98 Å². The molecule has 0 saturated carbocycles. The fraction of sp³-hybridized carbons (Fsp3) is 0.235. The molecule has 0 spiro atoms. The van der Waals surface area contributed by atoms with Gasteiger partial charge in [0.2, 0.25) is 5.91 Å². The highest BCUT2D eigenvalue weighted by Crippen LogP contribution is 2.30. The first-order chi connectivity index (χ1) is 12.1. The Kier molecular flexibility index (Phi) is 5.72. The van der Waals surface area contributed by atoms with Crippen LogP contribution in [0.15, 0.2) is 34.7 Å². The molecule has 0 saturated heterocycles. The summed E-state index contributed by atoms with van der Waals surface area (Å²) in [5.74, 6) is -0.207. The molecule has 1 amide bonds. The van der Waals surface area contributed by atoms with Crippen LogP contribution < -0.4 is 5.32 Å². The van der Waals surface area contributed by atoms with E-state index in [9.17, 15) is 9.59 Å². The van der Waals surface area contributed by atoms with E-state index in [0.717, 1.165) is 20.1 Å². The summed E-state index contributed by atoms with van der Waals surface area (Å²) in [7, 11) is 0. The molecule has 130 valence electrons. The number of nitrogens with zero attached hydrogens (tertiary/aromatic N) is 1. The van der Waals surface area contributed by atoms with Gasteiger partial charge in [-0.15, -0.1) is 22.7 Å². The molecule has 3 aromatic rings. The number of thioether (sulfide) groups is 1. The Hall–Kier alpha value is -1.90. The first kappa shape index (κ1) is 17.9. The number of thiophene rings is 1. The third-order valence-corrected chi connectivity index (χ3v) is 6.55. The minimum absolute atomic E-state index is 0.124. The van der Waals surface area contributed by atoms with Gasteiger partial charge in [0.1, 0.15) is 4.88 Å². The monoisotopic (exact) mass is 392 g/mol. The van der Waals surface area contributed by atoms with Crippen molar-refractivity contribution in [3.63, 3.8) is 0 Å². The second kappa shape index (κ2) is 7.99. The number of hydrogen-bond donors (Lipinski definition) is 1. The molecule has 25 heavy (non-hydrogen) atoms. The van der Waals surface area contributed by atoms with E-state index >= 15 is 0 Å². The van der Waals surface area contributed by atoms with Crippen LogP contribution in [0.4, 0.5) is 5.00 Å². The average Bonchev–Trinajstić information content (AvgIpc) is 3.16. The second-order valence-corrected chi connectivity index (χ2v) is 8.43. The summed E-state index contributed by atoms with van der Waals surface area (Å²) < 4.78 is 6.99. The standard InChI is InChI=1S/C17H16N2O3S3/c1-3-22-16(21)15-10(2)8-14(25-15)19-13(20)9-23-17-18-11-6-4-5-7-12(11)24-17/h4-8H,3,9H2,1-2H3,(H,19,20). The number of ether oxygens (including phenoxy) is 1. The number of carbonyl (C=O) groups is 2. The minimum Gasteiger partial charge on any atom is -0.462 e. The maximum absolute atomic E-state index is 12.2. The number of thiazole rings is 1. The van der Waals surface area contributed by atoms with Gasteiger partial charge in [-0.2, -0.15) is 0 Å². The van der Waals surface area contributed by atoms with E-state index in [1.54, 1.807) is 24.3 Å². The first-order valence-corrected chi connectivity index (χ1v) is 10.2. The number of benzene rings is 1. The molecule has 3 rings (SSSR count). The first-order valence-electron chi connectivity index (χ1n) is 7.62. The van der Waals surface area contributed by atoms with Crippen LogP contribution in [0.5, 0.6) is 0 Å². The molecular formula is C17H16N2O3S3. The third-order valence-electron chi connectivity index (χ3n) is 3.24.